The van der Waals surface area contributed by atoms with Gasteiger partial charge in [0, 0.05) is 29.9 Å². The summed E-state index contributed by atoms with van der Waals surface area (Å²) < 4.78 is 11.2. The second kappa shape index (κ2) is 6.83. The van der Waals surface area contributed by atoms with Gasteiger partial charge in [0.25, 0.3) is 0 Å². The molecule has 1 aliphatic rings. The molecule has 0 radical (unpaired) electrons. The third-order valence-corrected chi connectivity index (χ3v) is 3.76. The van der Waals surface area contributed by atoms with E-state index in [1.807, 2.05) is 36.4 Å². The predicted octanol–water partition coefficient (Wildman–Crippen LogP) is 3.76. The third-order valence-electron chi connectivity index (χ3n) is 3.51. The lowest BCUT2D eigenvalue weighted by Crippen LogP contribution is -2.36. The Balaban J connectivity index is 1.64. The highest BCUT2D eigenvalue weighted by atomic mass is 35.5. The van der Waals surface area contributed by atoms with Gasteiger partial charge in [-0.25, -0.2) is 0 Å². The van der Waals surface area contributed by atoms with Crippen molar-refractivity contribution in [3.8, 4) is 5.75 Å². The first-order valence-electron chi connectivity index (χ1n) is 7.11. The summed E-state index contributed by atoms with van der Waals surface area (Å²) >= 11 is 5.88. The fourth-order valence-electron chi connectivity index (χ4n) is 2.34. The molecule has 110 valence electrons. The van der Waals surface area contributed by atoms with E-state index in [0.717, 1.165) is 42.6 Å². The molecule has 0 aromatic heterocycles. The molecule has 2 aromatic carbocycles. The van der Waals surface area contributed by atoms with Crippen LogP contribution in [-0.2, 0) is 11.3 Å². The van der Waals surface area contributed by atoms with Crippen LogP contribution >= 0.6 is 11.6 Å². The molecule has 0 amide bonds. The van der Waals surface area contributed by atoms with Crippen molar-refractivity contribution in [2.45, 2.75) is 6.61 Å². The number of hydrogen-bond donors (Lipinski definition) is 0. The van der Waals surface area contributed by atoms with E-state index in [-0.39, 0.29) is 0 Å². The van der Waals surface area contributed by atoms with Crippen molar-refractivity contribution in [2.24, 2.45) is 0 Å². The lowest BCUT2D eigenvalue weighted by Gasteiger charge is -2.29. The Labute approximate surface area is 130 Å². The second-order valence-electron chi connectivity index (χ2n) is 5.01. The first kappa shape index (κ1) is 14.2. The van der Waals surface area contributed by atoms with Crippen LogP contribution in [0.4, 0.5) is 5.69 Å². The number of anilines is 1. The third kappa shape index (κ3) is 3.90. The number of morpholine rings is 1. The maximum absolute atomic E-state index is 5.88. The van der Waals surface area contributed by atoms with Crippen LogP contribution in [0.15, 0.2) is 48.5 Å². The van der Waals surface area contributed by atoms with Crippen LogP contribution in [0.2, 0.25) is 5.02 Å². The van der Waals surface area contributed by atoms with Gasteiger partial charge in [0.15, 0.2) is 0 Å². The van der Waals surface area contributed by atoms with Gasteiger partial charge in [0.05, 0.1) is 13.2 Å². The average molecular weight is 304 g/mol. The highest BCUT2D eigenvalue weighted by Gasteiger charge is 2.11. The fraction of sp³-hybridized carbons (Fsp3) is 0.294. The molecule has 0 unspecified atom stereocenters. The Morgan fingerprint density at radius 2 is 1.81 bits per heavy atom. The first-order chi connectivity index (χ1) is 10.3. The first-order valence-corrected chi connectivity index (χ1v) is 7.49. The molecule has 1 saturated heterocycles. The SMILES string of the molecule is Clc1ccc(COc2cccc(N3CCOCC3)c2)cc1. The lowest BCUT2D eigenvalue weighted by molar-refractivity contribution is 0.122. The molecule has 0 N–H and O–H groups in total. The van der Waals surface area contributed by atoms with Crippen LogP contribution < -0.4 is 9.64 Å². The zero-order valence-electron chi connectivity index (χ0n) is 11.8. The summed E-state index contributed by atoms with van der Waals surface area (Å²) in [6.45, 7) is 3.98. The van der Waals surface area contributed by atoms with Crippen LogP contribution in [0.1, 0.15) is 5.56 Å². The molecule has 1 fully saturated rings. The molecule has 3 nitrogen and oxygen atoms in total. The summed E-state index contributed by atoms with van der Waals surface area (Å²) in [6.07, 6.45) is 0. The van der Waals surface area contributed by atoms with Crippen molar-refractivity contribution in [1.82, 2.24) is 0 Å². The van der Waals surface area contributed by atoms with E-state index in [1.54, 1.807) is 0 Å². The van der Waals surface area contributed by atoms with Gasteiger partial charge in [0.1, 0.15) is 12.4 Å². The molecule has 21 heavy (non-hydrogen) atoms. The molecular weight excluding hydrogens is 286 g/mol. The Bertz CT molecular complexity index is 580. The van der Waals surface area contributed by atoms with Crippen molar-refractivity contribution in [2.75, 3.05) is 31.2 Å². The van der Waals surface area contributed by atoms with E-state index in [9.17, 15) is 0 Å². The number of rotatable bonds is 4. The Morgan fingerprint density at radius 1 is 1.05 bits per heavy atom. The molecule has 0 saturated carbocycles. The molecule has 2 aromatic rings. The van der Waals surface area contributed by atoms with E-state index in [4.69, 9.17) is 21.1 Å². The van der Waals surface area contributed by atoms with Gasteiger partial charge >= 0.3 is 0 Å². The van der Waals surface area contributed by atoms with Crippen molar-refractivity contribution >= 4 is 17.3 Å². The van der Waals surface area contributed by atoms with Gasteiger partial charge in [0.2, 0.25) is 0 Å². The molecule has 0 atom stereocenters. The van der Waals surface area contributed by atoms with Gasteiger partial charge in [-0.15, -0.1) is 0 Å². The van der Waals surface area contributed by atoms with Gasteiger partial charge in [-0.1, -0.05) is 29.8 Å². The van der Waals surface area contributed by atoms with E-state index in [2.05, 4.69) is 17.0 Å². The molecule has 0 bridgehead atoms. The van der Waals surface area contributed by atoms with Gasteiger partial charge in [-0.3, -0.25) is 0 Å². The molecular formula is C17H18ClNO2. The molecule has 4 heteroatoms. The lowest BCUT2D eigenvalue weighted by atomic mass is 10.2. The maximum atomic E-state index is 5.88. The van der Waals surface area contributed by atoms with E-state index in [1.165, 1.54) is 5.69 Å². The number of ether oxygens (including phenoxy) is 2. The van der Waals surface area contributed by atoms with Crippen molar-refractivity contribution < 1.29 is 9.47 Å². The minimum Gasteiger partial charge on any atom is -0.489 e. The highest BCUT2D eigenvalue weighted by Crippen LogP contribution is 2.23. The molecule has 1 aliphatic heterocycles. The molecule has 0 aliphatic carbocycles. The van der Waals surface area contributed by atoms with E-state index in [0.29, 0.717) is 6.61 Å². The summed E-state index contributed by atoms with van der Waals surface area (Å²) in [6, 6.07) is 15.9. The fourth-order valence-corrected chi connectivity index (χ4v) is 2.46. The smallest absolute Gasteiger partial charge is 0.121 e. The maximum Gasteiger partial charge on any atom is 0.121 e. The second-order valence-corrected chi connectivity index (χ2v) is 5.45. The molecule has 1 heterocycles. The zero-order chi connectivity index (χ0) is 14.5. The van der Waals surface area contributed by atoms with Crippen molar-refractivity contribution in [3.63, 3.8) is 0 Å². The molecule has 0 spiro atoms. The Morgan fingerprint density at radius 3 is 2.57 bits per heavy atom. The largest absolute Gasteiger partial charge is 0.489 e. The monoisotopic (exact) mass is 303 g/mol. The summed E-state index contributed by atoms with van der Waals surface area (Å²) in [5.74, 6) is 0.883. The summed E-state index contributed by atoms with van der Waals surface area (Å²) in [5, 5.41) is 0.744. The Hall–Kier alpha value is -1.71. The predicted molar refractivity (Wildman–Crippen MR) is 85.3 cm³/mol. The topological polar surface area (TPSA) is 21.7 Å². The number of benzene rings is 2. The van der Waals surface area contributed by atoms with Crippen LogP contribution in [0.25, 0.3) is 0 Å². The van der Waals surface area contributed by atoms with Crippen LogP contribution in [0.5, 0.6) is 5.75 Å². The molecule has 3 rings (SSSR count). The Kier molecular flexibility index (Phi) is 4.63. The average Bonchev–Trinajstić information content (AvgIpc) is 2.55. The van der Waals surface area contributed by atoms with Crippen LogP contribution in [0, 0.1) is 0 Å². The minimum atomic E-state index is 0.545. The van der Waals surface area contributed by atoms with E-state index >= 15 is 0 Å². The minimum absolute atomic E-state index is 0.545. The normalized spacial score (nSPS) is 15.0. The number of halogens is 1. The van der Waals surface area contributed by atoms with Gasteiger partial charge in [-0.05, 0) is 29.8 Å². The van der Waals surface area contributed by atoms with Crippen LogP contribution in [0.3, 0.4) is 0 Å². The highest BCUT2D eigenvalue weighted by molar-refractivity contribution is 6.30. The van der Waals surface area contributed by atoms with Crippen molar-refractivity contribution in [1.29, 1.82) is 0 Å². The quantitative estimate of drug-likeness (QED) is 0.858. The summed E-state index contributed by atoms with van der Waals surface area (Å²) in [7, 11) is 0. The van der Waals surface area contributed by atoms with Crippen molar-refractivity contribution in [3.05, 3.63) is 59.1 Å². The summed E-state index contributed by atoms with van der Waals surface area (Å²) in [4.78, 5) is 2.32. The number of hydrogen-bond acceptors (Lipinski definition) is 3. The van der Waals surface area contributed by atoms with Crippen LogP contribution in [-0.4, -0.2) is 26.3 Å². The standard InChI is InChI=1S/C17H18ClNO2/c18-15-6-4-14(5-7-15)13-21-17-3-1-2-16(12-17)19-8-10-20-11-9-19/h1-7,12H,8-11,13H2. The zero-order valence-corrected chi connectivity index (χ0v) is 12.6. The van der Waals surface area contributed by atoms with Gasteiger partial charge in [-0.2, -0.15) is 0 Å². The number of nitrogens with zero attached hydrogens (tertiary/aromatic N) is 1. The summed E-state index contributed by atoms with van der Waals surface area (Å²) in [5.41, 5.74) is 2.29. The van der Waals surface area contributed by atoms with Gasteiger partial charge < -0.3 is 14.4 Å². The van der Waals surface area contributed by atoms with E-state index < -0.39 is 0 Å².